The third kappa shape index (κ3) is 3.92. The first-order valence-electron chi connectivity index (χ1n) is 5.14. The molecule has 0 aliphatic heterocycles. The SMILES string of the molecule is CNC(=O)CS(=O)CC1(CC(=O)OC)CC1. The molecule has 0 saturated heterocycles. The lowest BCUT2D eigenvalue weighted by Crippen LogP contribution is -2.28. The first-order chi connectivity index (χ1) is 7.51. The van der Waals surface area contributed by atoms with E-state index in [0.29, 0.717) is 12.2 Å². The molecule has 92 valence electrons. The second kappa shape index (κ2) is 5.43. The summed E-state index contributed by atoms with van der Waals surface area (Å²) in [5.41, 5.74) is -0.175. The average molecular weight is 247 g/mol. The molecule has 0 aromatic heterocycles. The van der Waals surface area contributed by atoms with Crippen molar-refractivity contribution in [2.45, 2.75) is 19.3 Å². The van der Waals surface area contributed by atoms with Crippen molar-refractivity contribution in [2.24, 2.45) is 5.41 Å². The predicted octanol–water partition coefficient (Wildman–Crippen LogP) is -0.176. The van der Waals surface area contributed by atoms with Gasteiger partial charge in [0.05, 0.1) is 13.5 Å². The van der Waals surface area contributed by atoms with E-state index < -0.39 is 10.8 Å². The first kappa shape index (κ1) is 13.2. The molecular formula is C10H17NO4S. The number of amides is 1. The molecule has 1 saturated carbocycles. The average Bonchev–Trinajstić information content (AvgIpc) is 2.96. The molecule has 1 N–H and O–H groups in total. The first-order valence-corrected chi connectivity index (χ1v) is 6.62. The summed E-state index contributed by atoms with van der Waals surface area (Å²) < 4.78 is 16.2. The minimum absolute atomic E-state index is 0.0133. The molecule has 0 heterocycles. The maximum absolute atomic E-state index is 11.6. The zero-order valence-corrected chi connectivity index (χ0v) is 10.4. The van der Waals surface area contributed by atoms with Gasteiger partial charge in [-0.05, 0) is 18.3 Å². The summed E-state index contributed by atoms with van der Waals surface area (Å²) in [5.74, 6) is -0.0729. The van der Waals surface area contributed by atoms with Gasteiger partial charge in [0.15, 0.2) is 0 Å². The second-order valence-electron chi connectivity index (χ2n) is 4.15. The Labute approximate surface area is 97.4 Å². The quantitative estimate of drug-likeness (QED) is 0.661. The Morgan fingerprint density at radius 2 is 2.06 bits per heavy atom. The number of hydrogen-bond acceptors (Lipinski definition) is 4. The number of hydrogen-bond donors (Lipinski definition) is 1. The zero-order valence-electron chi connectivity index (χ0n) is 9.58. The summed E-state index contributed by atoms with van der Waals surface area (Å²) in [6.07, 6.45) is 2.09. The molecule has 5 nitrogen and oxygen atoms in total. The van der Waals surface area contributed by atoms with Gasteiger partial charge >= 0.3 is 5.97 Å². The van der Waals surface area contributed by atoms with Crippen LogP contribution in [0, 0.1) is 5.41 Å². The molecule has 1 aliphatic rings. The van der Waals surface area contributed by atoms with Crippen LogP contribution in [-0.2, 0) is 25.1 Å². The largest absolute Gasteiger partial charge is 0.469 e. The van der Waals surface area contributed by atoms with Crippen molar-refractivity contribution in [2.75, 3.05) is 25.7 Å². The van der Waals surface area contributed by atoms with Gasteiger partial charge in [-0.15, -0.1) is 0 Å². The minimum atomic E-state index is -1.20. The molecule has 0 aromatic carbocycles. The third-order valence-corrected chi connectivity index (χ3v) is 4.26. The van der Waals surface area contributed by atoms with Crippen LogP contribution >= 0.6 is 0 Å². The lowest BCUT2D eigenvalue weighted by molar-refractivity contribution is -0.141. The van der Waals surface area contributed by atoms with Crippen LogP contribution in [0.2, 0.25) is 0 Å². The molecule has 1 aliphatic carbocycles. The number of rotatable bonds is 6. The molecule has 0 aromatic rings. The molecule has 1 fully saturated rings. The van der Waals surface area contributed by atoms with E-state index in [1.807, 2.05) is 0 Å². The Kier molecular flexibility index (Phi) is 4.46. The highest BCUT2D eigenvalue weighted by molar-refractivity contribution is 7.85. The van der Waals surface area contributed by atoms with Crippen molar-refractivity contribution in [3.8, 4) is 0 Å². The molecule has 0 radical (unpaired) electrons. The van der Waals surface area contributed by atoms with Gasteiger partial charge in [-0.2, -0.15) is 0 Å². The van der Waals surface area contributed by atoms with Gasteiger partial charge in [0.25, 0.3) is 0 Å². The fourth-order valence-corrected chi connectivity index (χ4v) is 3.15. The van der Waals surface area contributed by atoms with Crippen LogP contribution < -0.4 is 5.32 Å². The number of carbonyl (C=O) groups is 2. The summed E-state index contributed by atoms with van der Waals surface area (Å²) >= 11 is 0. The Balaban J connectivity index is 2.38. The molecule has 1 amide bonds. The summed E-state index contributed by atoms with van der Waals surface area (Å²) in [6, 6.07) is 0. The minimum Gasteiger partial charge on any atom is -0.469 e. The van der Waals surface area contributed by atoms with Crippen LogP contribution in [0.1, 0.15) is 19.3 Å². The predicted molar refractivity (Wildman–Crippen MR) is 60.2 cm³/mol. The number of carbonyl (C=O) groups excluding carboxylic acids is 2. The van der Waals surface area contributed by atoms with Crippen LogP contribution in [0.25, 0.3) is 0 Å². The van der Waals surface area contributed by atoms with E-state index in [9.17, 15) is 13.8 Å². The monoisotopic (exact) mass is 247 g/mol. The molecule has 0 bridgehead atoms. The van der Waals surface area contributed by atoms with E-state index in [-0.39, 0.29) is 23.0 Å². The Morgan fingerprint density at radius 1 is 1.44 bits per heavy atom. The molecule has 6 heteroatoms. The van der Waals surface area contributed by atoms with Crippen molar-refractivity contribution in [1.29, 1.82) is 0 Å². The normalized spacial score (nSPS) is 18.6. The van der Waals surface area contributed by atoms with E-state index >= 15 is 0 Å². The highest BCUT2D eigenvalue weighted by Crippen LogP contribution is 2.49. The van der Waals surface area contributed by atoms with E-state index in [1.165, 1.54) is 14.2 Å². The summed E-state index contributed by atoms with van der Waals surface area (Å²) in [6.45, 7) is 0. The molecule has 16 heavy (non-hydrogen) atoms. The summed E-state index contributed by atoms with van der Waals surface area (Å²) in [4.78, 5) is 22.1. The Bertz CT molecular complexity index is 312. The van der Waals surface area contributed by atoms with Crippen molar-refractivity contribution in [1.82, 2.24) is 5.32 Å². The third-order valence-electron chi connectivity index (χ3n) is 2.74. The highest BCUT2D eigenvalue weighted by atomic mass is 32.2. The molecule has 1 rings (SSSR count). The van der Waals surface area contributed by atoms with E-state index in [2.05, 4.69) is 10.1 Å². The van der Waals surface area contributed by atoms with Crippen molar-refractivity contribution in [3.63, 3.8) is 0 Å². The highest BCUT2D eigenvalue weighted by Gasteiger charge is 2.46. The van der Waals surface area contributed by atoms with Crippen LogP contribution in [0.3, 0.4) is 0 Å². The second-order valence-corrected chi connectivity index (χ2v) is 5.61. The van der Waals surface area contributed by atoms with Crippen molar-refractivity contribution in [3.05, 3.63) is 0 Å². The summed E-state index contributed by atoms with van der Waals surface area (Å²) in [7, 11) is 1.67. The number of esters is 1. The van der Waals surface area contributed by atoms with E-state index in [1.54, 1.807) is 0 Å². The van der Waals surface area contributed by atoms with E-state index in [0.717, 1.165) is 12.8 Å². The maximum atomic E-state index is 11.6. The lowest BCUT2D eigenvalue weighted by Gasteiger charge is -2.12. The topological polar surface area (TPSA) is 72.5 Å². The van der Waals surface area contributed by atoms with Gasteiger partial charge in [-0.3, -0.25) is 13.8 Å². The smallest absolute Gasteiger partial charge is 0.306 e. The fourth-order valence-electron chi connectivity index (χ4n) is 1.54. The maximum Gasteiger partial charge on any atom is 0.306 e. The number of methoxy groups -OCH3 is 1. The van der Waals surface area contributed by atoms with E-state index in [4.69, 9.17) is 0 Å². The fraction of sp³-hybridized carbons (Fsp3) is 0.800. The van der Waals surface area contributed by atoms with Crippen molar-refractivity contribution < 1.29 is 18.5 Å². The van der Waals surface area contributed by atoms with Crippen molar-refractivity contribution >= 4 is 22.7 Å². The van der Waals surface area contributed by atoms with Gasteiger partial charge in [0.2, 0.25) is 5.91 Å². The zero-order chi connectivity index (χ0) is 12.2. The van der Waals surface area contributed by atoms with Crippen LogP contribution in [-0.4, -0.2) is 41.7 Å². The Hall–Kier alpha value is -0.910. The van der Waals surface area contributed by atoms with Gasteiger partial charge in [-0.1, -0.05) is 0 Å². The molecule has 1 unspecified atom stereocenters. The molecular weight excluding hydrogens is 230 g/mol. The molecule has 0 spiro atoms. The Morgan fingerprint density at radius 3 is 2.50 bits per heavy atom. The number of nitrogens with one attached hydrogen (secondary N) is 1. The number of ether oxygens (including phenoxy) is 1. The van der Waals surface area contributed by atoms with Gasteiger partial charge in [0.1, 0.15) is 5.75 Å². The van der Waals surface area contributed by atoms with Gasteiger partial charge < -0.3 is 10.1 Å². The molecule has 1 atom stereocenters. The van der Waals surface area contributed by atoms with Crippen LogP contribution in [0.15, 0.2) is 0 Å². The van der Waals surface area contributed by atoms with Crippen LogP contribution in [0.4, 0.5) is 0 Å². The van der Waals surface area contributed by atoms with Gasteiger partial charge in [0, 0.05) is 23.6 Å². The standard InChI is InChI=1S/C10H17NO4S/c1-11-8(12)6-16(14)7-10(3-4-10)5-9(13)15-2/h3-7H2,1-2H3,(H,11,12). The summed E-state index contributed by atoms with van der Waals surface area (Å²) in [5, 5.41) is 2.43. The van der Waals surface area contributed by atoms with Crippen LogP contribution in [0.5, 0.6) is 0 Å². The lowest BCUT2D eigenvalue weighted by atomic mass is 10.1. The van der Waals surface area contributed by atoms with Gasteiger partial charge in [-0.25, -0.2) is 0 Å².